The summed E-state index contributed by atoms with van der Waals surface area (Å²) >= 11 is 0. The molecule has 3 rings (SSSR count). The van der Waals surface area contributed by atoms with Crippen molar-refractivity contribution >= 4 is 5.96 Å². The second-order valence-electron chi connectivity index (χ2n) is 6.75. The predicted octanol–water partition coefficient (Wildman–Crippen LogP) is 1.24. The fourth-order valence-electron chi connectivity index (χ4n) is 3.25. The highest BCUT2D eigenvalue weighted by Crippen LogP contribution is 2.13. The van der Waals surface area contributed by atoms with Crippen LogP contribution in [-0.2, 0) is 30.7 Å². The smallest absolute Gasteiger partial charge is 0.191 e. The van der Waals surface area contributed by atoms with Gasteiger partial charge in [-0.2, -0.15) is 5.10 Å². The Morgan fingerprint density at radius 2 is 2.33 bits per heavy atom. The van der Waals surface area contributed by atoms with E-state index >= 15 is 0 Å². The molecule has 0 aliphatic carbocycles. The first-order valence-corrected chi connectivity index (χ1v) is 9.55. The minimum absolute atomic E-state index is 0.287. The van der Waals surface area contributed by atoms with E-state index in [1.165, 1.54) is 11.1 Å². The van der Waals surface area contributed by atoms with E-state index in [0.29, 0.717) is 6.61 Å². The first-order valence-electron chi connectivity index (χ1n) is 9.55. The number of methoxy groups -OCH3 is 1. The van der Waals surface area contributed by atoms with Gasteiger partial charge >= 0.3 is 0 Å². The van der Waals surface area contributed by atoms with Crippen LogP contribution in [0.4, 0.5) is 0 Å². The normalized spacial score (nSPS) is 16.9. The standard InChI is InChI=1S/C19H29N7O/c1-4-21-19(22-10-8-15-7-9-20-11-14(15)2)23-16-5-6-18-24-17(13-27-3)25-26(18)12-16/h7,9,11,16H,4-6,8,10,12-13H2,1-3H3,(H2,21,22,23). The van der Waals surface area contributed by atoms with E-state index in [1.54, 1.807) is 7.11 Å². The quantitative estimate of drug-likeness (QED) is 0.562. The van der Waals surface area contributed by atoms with E-state index in [2.05, 4.69) is 45.6 Å². The third kappa shape index (κ3) is 5.26. The molecule has 8 nitrogen and oxygen atoms in total. The Hall–Kier alpha value is -2.48. The van der Waals surface area contributed by atoms with Crippen LogP contribution in [0.2, 0.25) is 0 Å². The molecule has 0 spiro atoms. The molecule has 0 saturated heterocycles. The van der Waals surface area contributed by atoms with E-state index < -0.39 is 0 Å². The second kappa shape index (κ2) is 9.45. The molecule has 0 bridgehead atoms. The van der Waals surface area contributed by atoms with Crippen LogP contribution in [0.25, 0.3) is 0 Å². The molecule has 146 valence electrons. The van der Waals surface area contributed by atoms with Crippen molar-refractivity contribution in [2.24, 2.45) is 4.99 Å². The Morgan fingerprint density at radius 3 is 3.11 bits per heavy atom. The van der Waals surface area contributed by atoms with Gasteiger partial charge in [-0.05, 0) is 43.9 Å². The van der Waals surface area contributed by atoms with E-state index in [4.69, 9.17) is 9.73 Å². The first kappa shape index (κ1) is 19.3. The number of hydrogen-bond donors (Lipinski definition) is 2. The molecule has 8 heteroatoms. The Balaban J connectivity index is 1.58. The van der Waals surface area contributed by atoms with Crippen molar-refractivity contribution in [3.8, 4) is 0 Å². The maximum absolute atomic E-state index is 5.13. The zero-order chi connectivity index (χ0) is 19.1. The zero-order valence-corrected chi connectivity index (χ0v) is 16.4. The van der Waals surface area contributed by atoms with Gasteiger partial charge in [-0.15, -0.1) is 0 Å². The van der Waals surface area contributed by atoms with Crippen LogP contribution in [0.3, 0.4) is 0 Å². The lowest BCUT2D eigenvalue weighted by atomic mass is 10.1. The number of nitrogens with zero attached hydrogens (tertiary/aromatic N) is 5. The predicted molar refractivity (Wildman–Crippen MR) is 105 cm³/mol. The van der Waals surface area contributed by atoms with Gasteiger partial charge in [0.1, 0.15) is 12.4 Å². The Bertz CT molecular complexity index is 771. The highest BCUT2D eigenvalue weighted by molar-refractivity contribution is 5.80. The molecular weight excluding hydrogens is 342 g/mol. The summed E-state index contributed by atoms with van der Waals surface area (Å²) in [5.41, 5.74) is 2.50. The van der Waals surface area contributed by atoms with Crippen molar-refractivity contribution in [1.29, 1.82) is 0 Å². The second-order valence-corrected chi connectivity index (χ2v) is 6.75. The van der Waals surface area contributed by atoms with Crippen molar-refractivity contribution in [1.82, 2.24) is 30.4 Å². The Labute approximate surface area is 160 Å². The molecular formula is C19H29N7O. The lowest BCUT2D eigenvalue weighted by Gasteiger charge is -2.25. The summed E-state index contributed by atoms with van der Waals surface area (Å²) in [5.74, 6) is 2.64. The zero-order valence-electron chi connectivity index (χ0n) is 16.4. The van der Waals surface area contributed by atoms with Crippen LogP contribution in [0.1, 0.15) is 36.1 Å². The number of aryl methyl sites for hydroxylation is 2. The third-order valence-electron chi connectivity index (χ3n) is 4.65. The van der Waals surface area contributed by atoms with E-state index in [1.807, 2.05) is 17.1 Å². The molecule has 0 saturated carbocycles. The van der Waals surface area contributed by atoms with Crippen LogP contribution < -0.4 is 10.6 Å². The summed E-state index contributed by atoms with van der Waals surface area (Å²) in [6.45, 7) is 6.98. The number of hydrogen-bond acceptors (Lipinski definition) is 5. The molecule has 1 aliphatic rings. The number of pyridine rings is 1. The fraction of sp³-hybridized carbons (Fsp3) is 0.579. The number of aliphatic imine (C=N–C) groups is 1. The molecule has 0 radical (unpaired) electrons. The molecule has 2 aromatic heterocycles. The van der Waals surface area contributed by atoms with Crippen LogP contribution in [0.15, 0.2) is 23.5 Å². The molecule has 0 fully saturated rings. The number of aromatic nitrogens is 4. The van der Waals surface area contributed by atoms with Gasteiger partial charge in [0.15, 0.2) is 11.8 Å². The van der Waals surface area contributed by atoms with Gasteiger partial charge in [0.05, 0.1) is 6.54 Å². The minimum Gasteiger partial charge on any atom is -0.377 e. The van der Waals surface area contributed by atoms with Crippen molar-refractivity contribution in [2.75, 3.05) is 20.2 Å². The number of rotatable bonds is 7. The van der Waals surface area contributed by atoms with Gasteiger partial charge in [0.2, 0.25) is 0 Å². The van der Waals surface area contributed by atoms with Crippen molar-refractivity contribution < 1.29 is 4.74 Å². The Morgan fingerprint density at radius 1 is 1.44 bits per heavy atom. The third-order valence-corrected chi connectivity index (χ3v) is 4.65. The monoisotopic (exact) mass is 371 g/mol. The summed E-state index contributed by atoms with van der Waals surface area (Å²) in [7, 11) is 1.66. The van der Waals surface area contributed by atoms with E-state index in [-0.39, 0.29) is 6.04 Å². The Kier molecular flexibility index (Phi) is 6.75. The average Bonchev–Trinajstić information content (AvgIpc) is 3.05. The summed E-state index contributed by atoms with van der Waals surface area (Å²) < 4.78 is 7.12. The van der Waals surface area contributed by atoms with Gasteiger partial charge in [0, 0.05) is 45.1 Å². The largest absolute Gasteiger partial charge is 0.377 e. The topological polar surface area (TPSA) is 89.2 Å². The van der Waals surface area contributed by atoms with Crippen molar-refractivity contribution in [3.05, 3.63) is 41.2 Å². The van der Waals surface area contributed by atoms with Gasteiger partial charge in [-0.1, -0.05) is 0 Å². The van der Waals surface area contributed by atoms with Crippen molar-refractivity contribution in [3.63, 3.8) is 0 Å². The highest BCUT2D eigenvalue weighted by atomic mass is 16.5. The summed E-state index contributed by atoms with van der Waals surface area (Å²) in [6.07, 6.45) is 6.56. The van der Waals surface area contributed by atoms with E-state index in [0.717, 1.165) is 56.5 Å². The summed E-state index contributed by atoms with van der Waals surface area (Å²) in [6, 6.07) is 2.35. The summed E-state index contributed by atoms with van der Waals surface area (Å²) in [4.78, 5) is 13.4. The first-order chi connectivity index (χ1) is 13.2. The van der Waals surface area contributed by atoms with Crippen LogP contribution in [-0.4, -0.2) is 51.9 Å². The van der Waals surface area contributed by atoms with Gasteiger partial charge < -0.3 is 15.4 Å². The number of ether oxygens (including phenoxy) is 1. The van der Waals surface area contributed by atoms with Crippen LogP contribution >= 0.6 is 0 Å². The number of nitrogens with one attached hydrogen (secondary N) is 2. The molecule has 1 atom stereocenters. The SMILES string of the molecule is CCNC(=NCCc1ccncc1C)NC1CCc2nc(COC)nn2C1. The summed E-state index contributed by atoms with van der Waals surface area (Å²) in [5, 5.41) is 11.4. The molecule has 27 heavy (non-hydrogen) atoms. The maximum Gasteiger partial charge on any atom is 0.191 e. The lowest BCUT2D eigenvalue weighted by molar-refractivity contribution is 0.177. The van der Waals surface area contributed by atoms with Crippen LogP contribution in [0, 0.1) is 6.92 Å². The van der Waals surface area contributed by atoms with Crippen LogP contribution in [0.5, 0.6) is 0 Å². The lowest BCUT2D eigenvalue weighted by Crippen LogP contribution is -2.47. The van der Waals surface area contributed by atoms with Crippen molar-refractivity contribution in [2.45, 2.75) is 52.3 Å². The van der Waals surface area contributed by atoms with E-state index in [9.17, 15) is 0 Å². The number of guanidine groups is 1. The fourth-order valence-corrected chi connectivity index (χ4v) is 3.25. The molecule has 2 aromatic rings. The molecule has 3 heterocycles. The highest BCUT2D eigenvalue weighted by Gasteiger charge is 2.22. The molecule has 1 unspecified atom stereocenters. The minimum atomic E-state index is 0.287. The average molecular weight is 371 g/mol. The van der Waals surface area contributed by atoms with Gasteiger partial charge in [0.25, 0.3) is 0 Å². The molecule has 0 amide bonds. The van der Waals surface area contributed by atoms with Gasteiger partial charge in [-0.3, -0.25) is 9.98 Å². The molecule has 0 aromatic carbocycles. The molecule has 1 aliphatic heterocycles. The molecule has 2 N–H and O–H groups in total. The van der Waals surface area contributed by atoms with Gasteiger partial charge in [-0.25, -0.2) is 9.67 Å². The number of fused-ring (bicyclic) bond motifs is 1. The maximum atomic E-state index is 5.13.